The smallest absolute Gasteiger partial charge is 0.132 e. The van der Waals surface area contributed by atoms with Gasteiger partial charge in [0.15, 0.2) is 0 Å². The number of hydrogen-bond acceptors (Lipinski definition) is 3. The van der Waals surface area contributed by atoms with E-state index in [2.05, 4.69) is 39.7 Å². The largest absolute Gasteiger partial charge is 0.497 e. The molecule has 2 aromatic rings. The van der Waals surface area contributed by atoms with Crippen molar-refractivity contribution in [2.24, 2.45) is 0 Å². The Morgan fingerprint density at radius 1 is 1.25 bits per heavy atom. The monoisotopic (exact) mass is 280 g/mol. The highest BCUT2D eigenvalue weighted by molar-refractivity contribution is 9.10. The molecule has 1 aromatic heterocycles. The molecule has 16 heavy (non-hydrogen) atoms. The van der Waals surface area contributed by atoms with Gasteiger partial charge < -0.3 is 4.74 Å². The van der Waals surface area contributed by atoms with Crippen LogP contribution in [-0.2, 0) is 0 Å². The predicted molar refractivity (Wildman–Crippen MR) is 67.9 cm³/mol. The van der Waals surface area contributed by atoms with Gasteiger partial charge in [-0.1, -0.05) is 13.8 Å². The summed E-state index contributed by atoms with van der Waals surface area (Å²) in [5.41, 5.74) is 0.936. The average molecular weight is 281 g/mol. The highest BCUT2D eigenvalue weighted by atomic mass is 79.9. The van der Waals surface area contributed by atoms with E-state index in [1.165, 1.54) is 0 Å². The Morgan fingerprint density at radius 2 is 2.00 bits per heavy atom. The summed E-state index contributed by atoms with van der Waals surface area (Å²) in [6, 6.07) is 5.79. The number of benzene rings is 1. The molecule has 0 saturated carbocycles. The summed E-state index contributed by atoms with van der Waals surface area (Å²) in [7, 11) is 1.65. The summed E-state index contributed by atoms with van der Waals surface area (Å²) in [5, 5.41) is 0.976. The number of methoxy groups -OCH3 is 1. The van der Waals surface area contributed by atoms with Crippen LogP contribution >= 0.6 is 15.9 Å². The van der Waals surface area contributed by atoms with Crippen LogP contribution in [0.3, 0.4) is 0 Å². The molecule has 0 aliphatic rings. The molecule has 0 saturated heterocycles. The molecule has 0 radical (unpaired) electrons. The predicted octanol–water partition coefficient (Wildman–Crippen LogP) is 3.52. The lowest BCUT2D eigenvalue weighted by molar-refractivity contribution is 0.415. The molecule has 0 aliphatic heterocycles. The minimum Gasteiger partial charge on any atom is -0.497 e. The Kier molecular flexibility index (Phi) is 3.10. The summed E-state index contributed by atoms with van der Waals surface area (Å²) in [6.07, 6.45) is 0. The van der Waals surface area contributed by atoms with Gasteiger partial charge in [-0.3, -0.25) is 0 Å². The molecule has 84 valence electrons. The number of rotatable bonds is 2. The third-order valence-corrected chi connectivity index (χ3v) is 2.99. The van der Waals surface area contributed by atoms with Crippen molar-refractivity contribution in [3.05, 3.63) is 28.6 Å². The van der Waals surface area contributed by atoms with Gasteiger partial charge in [0.05, 0.1) is 12.6 Å². The van der Waals surface area contributed by atoms with Crippen LogP contribution in [0.4, 0.5) is 0 Å². The summed E-state index contributed by atoms with van der Waals surface area (Å²) in [5.74, 6) is 1.99. The van der Waals surface area contributed by atoms with Crippen molar-refractivity contribution in [3.8, 4) is 5.75 Å². The third kappa shape index (κ3) is 2.02. The maximum Gasteiger partial charge on any atom is 0.132 e. The fourth-order valence-corrected chi connectivity index (χ4v) is 1.97. The molecular formula is C12H13BrN2O. The van der Waals surface area contributed by atoms with Crippen LogP contribution < -0.4 is 4.74 Å². The van der Waals surface area contributed by atoms with Crippen LogP contribution in [-0.4, -0.2) is 17.1 Å². The van der Waals surface area contributed by atoms with Crippen LogP contribution in [0.1, 0.15) is 25.6 Å². The first-order valence-electron chi connectivity index (χ1n) is 5.13. The SMILES string of the molecule is COc1ccc2nc(C(C)C)nc(Br)c2c1. The Balaban J connectivity index is 2.66. The number of nitrogens with zero attached hydrogens (tertiary/aromatic N) is 2. The zero-order chi connectivity index (χ0) is 11.7. The molecule has 4 heteroatoms. The zero-order valence-electron chi connectivity index (χ0n) is 9.49. The molecule has 0 bridgehead atoms. The molecule has 0 atom stereocenters. The minimum absolute atomic E-state index is 0.322. The van der Waals surface area contributed by atoms with E-state index in [0.717, 1.165) is 27.1 Å². The van der Waals surface area contributed by atoms with E-state index in [4.69, 9.17) is 4.74 Å². The molecular weight excluding hydrogens is 268 g/mol. The molecule has 1 heterocycles. The quantitative estimate of drug-likeness (QED) is 0.790. The lowest BCUT2D eigenvalue weighted by Gasteiger charge is -2.08. The van der Waals surface area contributed by atoms with Crippen LogP contribution in [0.25, 0.3) is 10.9 Å². The van der Waals surface area contributed by atoms with Crippen molar-refractivity contribution in [2.45, 2.75) is 19.8 Å². The van der Waals surface area contributed by atoms with Crippen molar-refractivity contribution in [3.63, 3.8) is 0 Å². The standard InChI is InChI=1S/C12H13BrN2O/c1-7(2)12-14-10-5-4-8(16-3)6-9(10)11(13)15-12/h4-7H,1-3H3. The number of halogens is 1. The van der Waals surface area contributed by atoms with Crippen LogP contribution in [0.5, 0.6) is 5.75 Å². The van der Waals surface area contributed by atoms with Gasteiger partial charge in [0.1, 0.15) is 16.2 Å². The Bertz CT molecular complexity index is 526. The van der Waals surface area contributed by atoms with Crippen molar-refractivity contribution in [2.75, 3.05) is 7.11 Å². The van der Waals surface area contributed by atoms with Gasteiger partial charge in [-0.25, -0.2) is 9.97 Å². The van der Waals surface area contributed by atoms with Crippen LogP contribution in [0.2, 0.25) is 0 Å². The van der Waals surface area contributed by atoms with Crippen molar-refractivity contribution >= 4 is 26.8 Å². The number of hydrogen-bond donors (Lipinski definition) is 0. The fourth-order valence-electron chi connectivity index (χ4n) is 1.47. The second kappa shape index (κ2) is 4.37. The lowest BCUT2D eigenvalue weighted by Crippen LogP contribution is -1.98. The molecule has 3 nitrogen and oxygen atoms in total. The Hall–Kier alpha value is -1.16. The van der Waals surface area contributed by atoms with E-state index in [-0.39, 0.29) is 0 Å². The Morgan fingerprint density at radius 3 is 2.62 bits per heavy atom. The summed E-state index contributed by atoms with van der Waals surface area (Å²) in [4.78, 5) is 8.94. The van der Waals surface area contributed by atoms with E-state index in [1.807, 2.05) is 18.2 Å². The highest BCUT2D eigenvalue weighted by Gasteiger charge is 2.09. The first kappa shape index (κ1) is 11.3. The zero-order valence-corrected chi connectivity index (χ0v) is 11.1. The van der Waals surface area contributed by atoms with E-state index in [9.17, 15) is 0 Å². The fraction of sp³-hybridized carbons (Fsp3) is 0.333. The number of ether oxygens (including phenoxy) is 1. The molecule has 0 amide bonds. The van der Waals surface area contributed by atoms with E-state index < -0.39 is 0 Å². The van der Waals surface area contributed by atoms with Crippen molar-refractivity contribution < 1.29 is 4.74 Å². The minimum atomic E-state index is 0.322. The van der Waals surface area contributed by atoms with Gasteiger partial charge in [0, 0.05) is 11.3 Å². The van der Waals surface area contributed by atoms with E-state index in [0.29, 0.717) is 5.92 Å². The first-order valence-corrected chi connectivity index (χ1v) is 5.92. The number of aromatic nitrogens is 2. The second-order valence-electron chi connectivity index (χ2n) is 3.91. The molecule has 1 aromatic carbocycles. The van der Waals surface area contributed by atoms with Crippen molar-refractivity contribution in [1.82, 2.24) is 9.97 Å². The molecule has 2 rings (SSSR count). The molecule has 0 N–H and O–H groups in total. The van der Waals surface area contributed by atoms with Gasteiger partial charge in [-0.15, -0.1) is 0 Å². The number of fused-ring (bicyclic) bond motifs is 1. The van der Waals surface area contributed by atoms with Gasteiger partial charge in [0.25, 0.3) is 0 Å². The highest BCUT2D eigenvalue weighted by Crippen LogP contribution is 2.26. The maximum absolute atomic E-state index is 5.18. The molecule has 0 unspecified atom stereocenters. The van der Waals surface area contributed by atoms with Gasteiger partial charge in [-0.2, -0.15) is 0 Å². The van der Waals surface area contributed by atoms with Crippen molar-refractivity contribution in [1.29, 1.82) is 0 Å². The lowest BCUT2D eigenvalue weighted by atomic mass is 10.2. The average Bonchev–Trinajstić information content (AvgIpc) is 2.28. The van der Waals surface area contributed by atoms with E-state index >= 15 is 0 Å². The van der Waals surface area contributed by atoms with Gasteiger partial charge in [0.2, 0.25) is 0 Å². The Labute approximate surface area is 103 Å². The summed E-state index contributed by atoms with van der Waals surface area (Å²) in [6.45, 7) is 4.16. The molecule has 0 fully saturated rings. The maximum atomic E-state index is 5.18. The van der Waals surface area contributed by atoms with Crippen LogP contribution in [0, 0.1) is 0 Å². The molecule has 0 spiro atoms. The topological polar surface area (TPSA) is 35.0 Å². The third-order valence-electron chi connectivity index (χ3n) is 2.39. The normalized spacial score (nSPS) is 11.1. The van der Waals surface area contributed by atoms with Gasteiger partial charge >= 0.3 is 0 Å². The second-order valence-corrected chi connectivity index (χ2v) is 4.66. The first-order chi connectivity index (χ1) is 7.61. The summed E-state index contributed by atoms with van der Waals surface area (Å²) >= 11 is 3.47. The van der Waals surface area contributed by atoms with E-state index in [1.54, 1.807) is 7.11 Å². The van der Waals surface area contributed by atoms with Gasteiger partial charge in [-0.05, 0) is 34.1 Å². The summed E-state index contributed by atoms with van der Waals surface area (Å²) < 4.78 is 6.00. The van der Waals surface area contributed by atoms with Crippen LogP contribution in [0.15, 0.2) is 22.8 Å². The molecule has 0 aliphatic carbocycles.